The van der Waals surface area contributed by atoms with E-state index in [-0.39, 0.29) is 0 Å². The Kier molecular flexibility index (Phi) is 5.19. The summed E-state index contributed by atoms with van der Waals surface area (Å²) in [5, 5.41) is 14.6. The van der Waals surface area contributed by atoms with Crippen LogP contribution in [0.4, 0.5) is 16.3 Å². The van der Waals surface area contributed by atoms with E-state index in [9.17, 15) is 4.79 Å². The minimum absolute atomic E-state index is 0.424. The molecule has 0 bridgehead atoms. The molecule has 0 aromatic carbocycles. The number of hydrogen-bond acceptors (Lipinski definition) is 6. The topological polar surface area (TPSA) is 87.0 Å². The van der Waals surface area contributed by atoms with Crippen LogP contribution in [0.5, 0.6) is 0 Å². The zero-order valence-corrected chi connectivity index (χ0v) is 14.0. The van der Waals surface area contributed by atoms with Crippen molar-refractivity contribution in [2.45, 2.75) is 32.9 Å². The Balaban J connectivity index is 1.87. The van der Waals surface area contributed by atoms with Crippen LogP contribution in [-0.4, -0.2) is 16.7 Å². The number of thiophene rings is 1. The lowest BCUT2D eigenvalue weighted by Crippen LogP contribution is -2.27. The van der Waals surface area contributed by atoms with Gasteiger partial charge in [-0.2, -0.15) is 5.26 Å². The van der Waals surface area contributed by atoms with Crippen LogP contribution in [0.3, 0.4) is 0 Å². The fourth-order valence-corrected chi connectivity index (χ4v) is 2.45. The molecule has 0 aliphatic heterocycles. The van der Waals surface area contributed by atoms with Crippen LogP contribution in [-0.2, 0) is 11.3 Å². The quantitative estimate of drug-likeness (QED) is 0.885. The monoisotopic (exact) mass is 330 g/mol. The van der Waals surface area contributed by atoms with Gasteiger partial charge < -0.3 is 10.1 Å². The van der Waals surface area contributed by atoms with Crippen molar-refractivity contribution in [3.05, 3.63) is 40.2 Å². The number of amides is 1. The first-order chi connectivity index (χ1) is 10.9. The molecule has 0 radical (unpaired) electrons. The van der Waals surface area contributed by atoms with Gasteiger partial charge in [0.15, 0.2) is 0 Å². The number of nitriles is 1. The predicted molar refractivity (Wildman–Crippen MR) is 90.5 cm³/mol. The minimum Gasteiger partial charge on any atom is -0.444 e. The standard InChI is InChI=1S/C16H18N4O2S/c1-16(2,3)22-15(21)20-14-7-4-11(9-19-14)18-10-13-6-5-12(8-17)23-13/h4-7,9,18H,10H2,1-3H3,(H,19,20,21). The Morgan fingerprint density at radius 1 is 1.35 bits per heavy atom. The molecule has 0 aliphatic rings. The highest BCUT2D eigenvalue weighted by Crippen LogP contribution is 2.18. The first-order valence-electron chi connectivity index (χ1n) is 7.04. The van der Waals surface area contributed by atoms with E-state index in [2.05, 4.69) is 21.7 Å². The van der Waals surface area contributed by atoms with E-state index in [4.69, 9.17) is 10.00 Å². The smallest absolute Gasteiger partial charge is 0.413 e. The first kappa shape index (κ1) is 16.8. The van der Waals surface area contributed by atoms with Gasteiger partial charge in [-0.1, -0.05) is 0 Å². The number of carbonyl (C=O) groups is 1. The maximum absolute atomic E-state index is 11.6. The second-order valence-corrected chi connectivity index (χ2v) is 6.96. The Bertz CT molecular complexity index is 711. The molecule has 0 aliphatic carbocycles. The third-order valence-electron chi connectivity index (χ3n) is 2.63. The Labute approximate surface area is 139 Å². The normalized spacial score (nSPS) is 10.7. The van der Waals surface area contributed by atoms with Crippen molar-refractivity contribution in [1.82, 2.24) is 4.98 Å². The lowest BCUT2D eigenvalue weighted by Gasteiger charge is -2.19. The van der Waals surface area contributed by atoms with Gasteiger partial charge in [0, 0.05) is 11.4 Å². The van der Waals surface area contributed by atoms with E-state index in [0.29, 0.717) is 17.2 Å². The van der Waals surface area contributed by atoms with E-state index in [1.165, 1.54) is 11.3 Å². The van der Waals surface area contributed by atoms with Gasteiger partial charge in [0.2, 0.25) is 0 Å². The van der Waals surface area contributed by atoms with Crippen molar-refractivity contribution < 1.29 is 9.53 Å². The van der Waals surface area contributed by atoms with Crippen LogP contribution in [0.1, 0.15) is 30.5 Å². The molecule has 0 unspecified atom stereocenters. The summed E-state index contributed by atoms with van der Waals surface area (Å²) < 4.78 is 5.16. The summed E-state index contributed by atoms with van der Waals surface area (Å²) in [4.78, 5) is 17.6. The van der Waals surface area contributed by atoms with Gasteiger partial charge in [0.1, 0.15) is 22.4 Å². The Morgan fingerprint density at radius 3 is 2.70 bits per heavy atom. The number of pyridine rings is 1. The summed E-state index contributed by atoms with van der Waals surface area (Å²) in [7, 11) is 0. The summed E-state index contributed by atoms with van der Waals surface area (Å²) in [6.07, 6.45) is 1.10. The molecule has 0 saturated carbocycles. The minimum atomic E-state index is -0.547. The lowest BCUT2D eigenvalue weighted by molar-refractivity contribution is 0.0635. The average molecular weight is 330 g/mol. The van der Waals surface area contributed by atoms with Crippen LogP contribution in [0.15, 0.2) is 30.5 Å². The van der Waals surface area contributed by atoms with Crippen LogP contribution in [0, 0.1) is 11.3 Å². The van der Waals surface area contributed by atoms with Gasteiger partial charge in [0.25, 0.3) is 0 Å². The Hall–Kier alpha value is -2.59. The van der Waals surface area contributed by atoms with Crippen molar-refractivity contribution in [2.75, 3.05) is 10.6 Å². The number of aromatic nitrogens is 1. The number of carbonyl (C=O) groups excluding carboxylic acids is 1. The van der Waals surface area contributed by atoms with Gasteiger partial charge in [-0.3, -0.25) is 5.32 Å². The molecule has 2 rings (SSSR count). The number of hydrogen-bond donors (Lipinski definition) is 2. The van der Waals surface area contributed by atoms with E-state index < -0.39 is 11.7 Å². The lowest BCUT2D eigenvalue weighted by atomic mass is 10.2. The third kappa shape index (κ3) is 5.60. The molecule has 6 nitrogen and oxygen atoms in total. The van der Waals surface area contributed by atoms with E-state index in [1.54, 1.807) is 39.1 Å². The van der Waals surface area contributed by atoms with Gasteiger partial charge in [0.05, 0.1) is 11.9 Å². The van der Waals surface area contributed by atoms with Crippen LogP contribution >= 0.6 is 11.3 Å². The number of ether oxygens (including phenoxy) is 1. The number of rotatable bonds is 4. The van der Waals surface area contributed by atoms with Crippen LogP contribution in [0.25, 0.3) is 0 Å². The summed E-state index contributed by atoms with van der Waals surface area (Å²) in [6.45, 7) is 6.02. The largest absolute Gasteiger partial charge is 0.444 e. The van der Waals surface area contributed by atoms with Crippen molar-refractivity contribution in [3.63, 3.8) is 0 Å². The molecule has 0 fully saturated rings. The number of anilines is 2. The molecule has 2 aromatic heterocycles. The second-order valence-electron chi connectivity index (χ2n) is 5.79. The van der Waals surface area contributed by atoms with Crippen LogP contribution in [0.2, 0.25) is 0 Å². The van der Waals surface area contributed by atoms with E-state index in [0.717, 1.165) is 10.6 Å². The first-order valence-corrected chi connectivity index (χ1v) is 7.86. The summed E-state index contributed by atoms with van der Waals surface area (Å²) in [5.74, 6) is 0.424. The molecule has 7 heteroatoms. The molecule has 120 valence electrons. The van der Waals surface area contributed by atoms with Gasteiger partial charge >= 0.3 is 6.09 Å². The zero-order chi connectivity index (χ0) is 16.9. The molecular formula is C16H18N4O2S. The highest BCUT2D eigenvalue weighted by Gasteiger charge is 2.16. The molecule has 1 amide bonds. The number of nitrogens with zero attached hydrogens (tertiary/aromatic N) is 2. The van der Waals surface area contributed by atoms with Crippen molar-refractivity contribution >= 4 is 28.9 Å². The summed E-state index contributed by atoms with van der Waals surface area (Å²) in [6, 6.07) is 9.35. The van der Waals surface area contributed by atoms with Crippen molar-refractivity contribution in [1.29, 1.82) is 5.26 Å². The van der Waals surface area contributed by atoms with Crippen molar-refractivity contribution in [3.8, 4) is 6.07 Å². The predicted octanol–water partition coefficient (Wildman–Crippen LogP) is 3.97. The zero-order valence-electron chi connectivity index (χ0n) is 13.2. The highest BCUT2D eigenvalue weighted by atomic mass is 32.1. The maximum Gasteiger partial charge on any atom is 0.413 e. The number of nitrogens with one attached hydrogen (secondary N) is 2. The molecule has 0 spiro atoms. The highest BCUT2D eigenvalue weighted by molar-refractivity contribution is 7.12. The fraction of sp³-hybridized carbons (Fsp3) is 0.312. The average Bonchev–Trinajstić information content (AvgIpc) is 2.92. The molecule has 0 atom stereocenters. The Morgan fingerprint density at radius 2 is 2.13 bits per heavy atom. The van der Waals surface area contributed by atoms with Gasteiger partial charge in [-0.25, -0.2) is 9.78 Å². The SMILES string of the molecule is CC(C)(C)OC(=O)Nc1ccc(NCc2ccc(C#N)s2)cn1. The van der Waals surface area contributed by atoms with E-state index in [1.807, 2.05) is 12.1 Å². The molecule has 2 N–H and O–H groups in total. The molecule has 0 saturated heterocycles. The third-order valence-corrected chi connectivity index (χ3v) is 3.62. The van der Waals surface area contributed by atoms with Crippen molar-refractivity contribution in [2.24, 2.45) is 0 Å². The maximum atomic E-state index is 11.6. The molecule has 23 heavy (non-hydrogen) atoms. The van der Waals surface area contributed by atoms with E-state index >= 15 is 0 Å². The van der Waals surface area contributed by atoms with Gasteiger partial charge in [-0.05, 0) is 45.0 Å². The second kappa shape index (κ2) is 7.11. The summed E-state index contributed by atoms with van der Waals surface area (Å²) >= 11 is 1.45. The van der Waals surface area contributed by atoms with Crippen LogP contribution < -0.4 is 10.6 Å². The summed E-state index contributed by atoms with van der Waals surface area (Å²) in [5.41, 5.74) is 0.279. The molecule has 2 aromatic rings. The molecule has 2 heterocycles. The molecular weight excluding hydrogens is 312 g/mol. The fourth-order valence-electron chi connectivity index (χ4n) is 1.70. The van der Waals surface area contributed by atoms with Gasteiger partial charge in [-0.15, -0.1) is 11.3 Å².